The molecule has 11 heteroatoms. The fraction of sp³-hybridized carbons (Fsp3) is 0.423. The first kappa shape index (κ1) is 23.8. The summed E-state index contributed by atoms with van der Waals surface area (Å²) in [6, 6.07) is 5.04. The number of benzene rings is 1. The Bertz CT molecular complexity index is 1370. The third-order valence-electron chi connectivity index (χ3n) is 7.02. The Hall–Kier alpha value is -3.57. The van der Waals surface area contributed by atoms with E-state index in [9.17, 15) is 13.6 Å². The number of aliphatic imine (C=N–C) groups is 1. The van der Waals surface area contributed by atoms with Gasteiger partial charge in [-0.1, -0.05) is 5.21 Å². The number of piperidine rings is 1. The van der Waals surface area contributed by atoms with Gasteiger partial charge < -0.3 is 10.1 Å². The van der Waals surface area contributed by atoms with Crippen molar-refractivity contribution in [3.63, 3.8) is 0 Å². The summed E-state index contributed by atoms with van der Waals surface area (Å²) in [7, 11) is 0. The number of aryl methyl sites for hydroxylation is 1. The summed E-state index contributed by atoms with van der Waals surface area (Å²) in [5, 5.41) is 11.3. The molecule has 3 fully saturated rings. The van der Waals surface area contributed by atoms with Crippen LogP contribution in [0, 0.1) is 12.7 Å². The average molecular weight is 508 g/mol. The number of hydrogen-bond donors (Lipinski definition) is 1. The van der Waals surface area contributed by atoms with E-state index in [-0.39, 0.29) is 11.6 Å². The second-order valence-corrected chi connectivity index (χ2v) is 9.85. The average Bonchev–Trinajstić information content (AvgIpc) is 3.52. The van der Waals surface area contributed by atoms with Gasteiger partial charge in [0.05, 0.1) is 54.3 Å². The molecule has 4 heterocycles. The number of nitrogens with one attached hydrogen (secondary N) is 1. The van der Waals surface area contributed by atoms with Crippen LogP contribution in [-0.2, 0) is 4.74 Å². The molecule has 0 radical (unpaired) electrons. The van der Waals surface area contributed by atoms with E-state index in [4.69, 9.17) is 4.74 Å². The van der Waals surface area contributed by atoms with Crippen LogP contribution in [0.1, 0.15) is 35.2 Å². The van der Waals surface area contributed by atoms with Crippen molar-refractivity contribution in [2.75, 3.05) is 26.3 Å². The molecule has 1 amide bonds. The van der Waals surface area contributed by atoms with Crippen molar-refractivity contribution >= 4 is 17.3 Å². The number of carbonyl (C=O) groups is 1. The van der Waals surface area contributed by atoms with Gasteiger partial charge in [0.2, 0.25) is 0 Å². The summed E-state index contributed by atoms with van der Waals surface area (Å²) in [5.74, 6) is -1.01. The molecule has 1 aliphatic carbocycles. The zero-order valence-corrected chi connectivity index (χ0v) is 20.4. The molecule has 2 saturated heterocycles. The van der Waals surface area contributed by atoms with Crippen LogP contribution in [0.5, 0.6) is 0 Å². The molecule has 3 aliphatic rings. The number of amides is 1. The van der Waals surface area contributed by atoms with Gasteiger partial charge in [-0.2, -0.15) is 0 Å². The fourth-order valence-corrected chi connectivity index (χ4v) is 4.59. The first-order chi connectivity index (χ1) is 17.9. The van der Waals surface area contributed by atoms with E-state index in [1.165, 1.54) is 16.8 Å². The topological polar surface area (TPSA) is 97.5 Å². The maximum atomic E-state index is 14.8. The maximum absolute atomic E-state index is 14.8. The highest BCUT2D eigenvalue weighted by Gasteiger charge is 2.33. The first-order valence-electron chi connectivity index (χ1n) is 12.5. The van der Waals surface area contributed by atoms with E-state index in [1.54, 1.807) is 31.6 Å². The molecule has 1 saturated carbocycles. The largest absolute Gasteiger partial charge is 0.378 e. The summed E-state index contributed by atoms with van der Waals surface area (Å²) in [6.45, 7) is 4.16. The van der Waals surface area contributed by atoms with Crippen LogP contribution in [0.2, 0.25) is 0 Å². The van der Waals surface area contributed by atoms with E-state index in [1.807, 2.05) is 0 Å². The SMILES string of the molecule is Cc1cc(F)c(C(=O)NC2CC2)cc1-n1cc(-c2cncc(N=C3CCN(C4COC4)CC3F)c2)nn1. The van der Waals surface area contributed by atoms with Gasteiger partial charge in [0, 0.05) is 37.3 Å². The molecule has 9 nitrogen and oxygen atoms in total. The predicted octanol–water partition coefficient (Wildman–Crippen LogP) is 3.18. The molecule has 1 aromatic carbocycles. The second-order valence-electron chi connectivity index (χ2n) is 9.85. The molecular formula is C26H27F2N7O2. The minimum absolute atomic E-state index is 0.0271. The van der Waals surface area contributed by atoms with Crippen molar-refractivity contribution in [2.45, 2.75) is 44.4 Å². The van der Waals surface area contributed by atoms with Crippen molar-refractivity contribution in [3.05, 3.63) is 53.7 Å². The Morgan fingerprint density at radius 2 is 2.05 bits per heavy atom. The van der Waals surface area contributed by atoms with E-state index in [0.717, 1.165) is 19.4 Å². The third kappa shape index (κ3) is 5.01. The zero-order chi connectivity index (χ0) is 25.5. The molecule has 2 aromatic heterocycles. The summed E-state index contributed by atoms with van der Waals surface area (Å²) >= 11 is 0. The molecule has 3 aromatic rings. The van der Waals surface area contributed by atoms with Gasteiger partial charge in [-0.25, -0.2) is 13.5 Å². The molecule has 1 N–H and O–H groups in total. The quantitative estimate of drug-likeness (QED) is 0.551. The van der Waals surface area contributed by atoms with Gasteiger partial charge in [0.1, 0.15) is 11.5 Å². The number of ether oxygens (including phenoxy) is 1. The summed E-state index contributed by atoms with van der Waals surface area (Å²) in [4.78, 5) is 23.4. The molecule has 192 valence electrons. The minimum atomic E-state index is -1.13. The van der Waals surface area contributed by atoms with Gasteiger partial charge in [-0.3, -0.25) is 19.7 Å². The number of carbonyl (C=O) groups excluding carboxylic acids is 1. The Morgan fingerprint density at radius 3 is 2.78 bits per heavy atom. The standard InChI is InChI=1S/C26H27F2N7O2/c1-15-6-21(27)20(26(36)31-17-2-3-17)8-25(15)35-12-24(32-33-35)16-7-18(10-29-9-16)30-23-4-5-34(11-22(23)28)19-13-37-14-19/h6-10,12,17,19,22H,2-5,11,13-14H2,1H3,(H,31,36). The highest BCUT2D eigenvalue weighted by Crippen LogP contribution is 2.26. The second kappa shape index (κ2) is 9.71. The molecule has 2 aliphatic heterocycles. The highest BCUT2D eigenvalue weighted by molar-refractivity contribution is 5.95. The predicted molar refractivity (Wildman–Crippen MR) is 133 cm³/mol. The third-order valence-corrected chi connectivity index (χ3v) is 7.02. The fourth-order valence-electron chi connectivity index (χ4n) is 4.59. The first-order valence-corrected chi connectivity index (χ1v) is 12.5. The number of likely N-dealkylation sites (tertiary alicyclic amines) is 1. The van der Waals surface area contributed by atoms with Crippen molar-refractivity contribution in [2.24, 2.45) is 4.99 Å². The number of hydrogen-bond acceptors (Lipinski definition) is 7. The van der Waals surface area contributed by atoms with Crippen LogP contribution in [0.3, 0.4) is 0 Å². The lowest BCUT2D eigenvalue weighted by Gasteiger charge is -2.40. The van der Waals surface area contributed by atoms with E-state index in [0.29, 0.717) is 66.1 Å². The summed E-state index contributed by atoms with van der Waals surface area (Å²) in [6.07, 6.45) is 6.17. The van der Waals surface area contributed by atoms with Crippen molar-refractivity contribution in [1.82, 2.24) is 30.2 Å². The normalized spacial score (nSPS) is 21.7. The number of alkyl halides is 1. The minimum Gasteiger partial charge on any atom is -0.378 e. The molecule has 1 unspecified atom stereocenters. The van der Waals surface area contributed by atoms with Gasteiger partial charge in [0.25, 0.3) is 5.91 Å². The number of halogens is 2. The molecule has 0 bridgehead atoms. The van der Waals surface area contributed by atoms with Crippen molar-refractivity contribution in [1.29, 1.82) is 0 Å². The van der Waals surface area contributed by atoms with Gasteiger partial charge in [-0.05, 0) is 43.5 Å². The summed E-state index contributed by atoms with van der Waals surface area (Å²) in [5.41, 5.74) is 3.39. The lowest BCUT2D eigenvalue weighted by Crippen LogP contribution is -2.55. The van der Waals surface area contributed by atoms with Crippen LogP contribution >= 0.6 is 0 Å². The maximum Gasteiger partial charge on any atom is 0.254 e. The van der Waals surface area contributed by atoms with Crippen LogP contribution in [0.15, 0.2) is 41.8 Å². The van der Waals surface area contributed by atoms with Crippen molar-refractivity contribution < 1.29 is 18.3 Å². The smallest absolute Gasteiger partial charge is 0.254 e. The van der Waals surface area contributed by atoms with Gasteiger partial charge >= 0.3 is 0 Å². The highest BCUT2D eigenvalue weighted by atomic mass is 19.1. The Morgan fingerprint density at radius 1 is 1.22 bits per heavy atom. The Balaban J connectivity index is 1.22. The van der Waals surface area contributed by atoms with Gasteiger partial charge in [-0.15, -0.1) is 5.10 Å². The van der Waals surface area contributed by atoms with E-state index < -0.39 is 17.9 Å². The molecule has 6 rings (SSSR count). The van der Waals surface area contributed by atoms with E-state index in [2.05, 4.69) is 30.5 Å². The Labute approximate surface area is 212 Å². The van der Waals surface area contributed by atoms with Crippen LogP contribution in [0.4, 0.5) is 14.5 Å². The molecule has 37 heavy (non-hydrogen) atoms. The lowest BCUT2D eigenvalue weighted by atomic mass is 10.0. The number of nitrogens with zero attached hydrogens (tertiary/aromatic N) is 6. The lowest BCUT2D eigenvalue weighted by molar-refractivity contribution is -0.0697. The van der Waals surface area contributed by atoms with Crippen LogP contribution in [-0.4, -0.2) is 81.1 Å². The number of pyridine rings is 1. The summed E-state index contributed by atoms with van der Waals surface area (Å²) < 4.78 is 36.1. The monoisotopic (exact) mass is 507 g/mol. The molecular weight excluding hydrogens is 480 g/mol. The van der Waals surface area contributed by atoms with Crippen LogP contribution in [0.25, 0.3) is 16.9 Å². The molecule has 1 atom stereocenters. The van der Waals surface area contributed by atoms with E-state index >= 15 is 0 Å². The Kier molecular flexibility index (Phi) is 6.25. The number of rotatable bonds is 6. The zero-order valence-electron chi connectivity index (χ0n) is 20.4. The van der Waals surface area contributed by atoms with Crippen molar-refractivity contribution in [3.8, 4) is 16.9 Å². The van der Waals surface area contributed by atoms with Crippen LogP contribution < -0.4 is 5.32 Å². The molecule has 0 spiro atoms. The van der Waals surface area contributed by atoms with Gasteiger partial charge in [0.15, 0.2) is 6.17 Å². The number of aromatic nitrogens is 4.